The quantitative estimate of drug-likeness (QED) is 0.0205. The molecule has 0 aromatic carbocycles. The molecule has 1 amide bonds. The van der Waals surface area contributed by atoms with Crippen LogP contribution in [0.5, 0.6) is 0 Å². The zero-order chi connectivity index (χ0) is 56.4. The number of unbranched alkanes of at least 4 members (excludes halogenated alkanes) is 32. The highest BCUT2D eigenvalue weighted by Gasteiger charge is 2.30. The molecule has 3 unspecified atom stereocenters. The Hall–Kier alpha value is -2.55. The molecule has 0 aliphatic heterocycles. The fourth-order valence-electron chi connectivity index (χ4n) is 9.20. The van der Waals surface area contributed by atoms with Gasteiger partial charge >= 0.3 is 13.8 Å². The molecule has 0 aliphatic carbocycles. The molecule has 0 radical (unpaired) electrons. The fourth-order valence-corrected chi connectivity index (χ4v) is 9.94. The topological polar surface area (TPSA) is 111 Å². The van der Waals surface area contributed by atoms with Gasteiger partial charge < -0.3 is 19.4 Å². The molecule has 0 aliphatic rings. The van der Waals surface area contributed by atoms with Crippen LogP contribution < -0.4 is 5.32 Å². The number of likely N-dealkylation sites (N-methyl/N-ethyl adjacent to an activating group) is 1. The molecule has 77 heavy (non-hydrogen) atoms. The summed E-state index contributed by atoms with van der Waals surface area (Å²) in [6, 6.07) is -0.857. The van der Waals surface area contributed by atoms with Gasteiger partial charge in [0.2, 0.25) is 5.91 Å². The average Bonchev–Trinajstić information content (AvgIpc) is 3.39. The molecule has 0 spiro atoms. The molecule has 0 saturated carbocycles. The lowest BCUT2D eigenvalue weighted by Crippen LogP contribution is -2.47. The molecule has 0 fully saturated rings. The van der Waals surface area contributed by atoms with Gasteiger partial charge in [0.15, 0.2) is 0 Å². The summed E-state index contributed by atoms with van der Waals surface area (Å²) in [5.41, 5.74) is 0. The van der Waals surface area contributed by atoms with Crippen molar-refractivity contribution in [3.63, 3.8) is 0 Å². The first-order chi connectivity index (χ1) is 37.4. The Labute approximate surface area is 476 Å². The second-order valence-electron chi connectivity index (χ2n) is 22.9. The van der Waals surface area contributed by atoms with Crippen LogP contribution in [0.4, 0.5) is 0 Å². The second-order valence-corrected chi connectivity index (χ2v) is 24.4. The van der Waals surface area contributed by atoms with E-state index in [1.54, 1.807) is 0 Å². The van der Waals surface area contributed by atoms with Gasteiger partial charge in [0.05, 0.1) is 33.8 Å². The number of carbonyl (C=O) groups excluding carboxylic acids is 2. The molecule has 448 valence electrons. The lowest BCUT2D eigenvalue weighted by molar-refractivity contribution is -0.870. The first kappa shape index (κ1) is 74.5. The smallest absolute Gasteiger partial charge is 0.456 e. The lowest BCUT2D eigenvalue weighted by Gasteiger charge is -2.27. The van der Waals surface area contributed by atoms with Crippen molar-refractivity contribution >= 4 is 19.7 Å². The molecule has 0 aromatic heterocycles. The minimum absolute atomic E-state index is 0.0360. The summed E-state index contributed by atoms with van der Waals surface area (Å²) in [5, 5.41) is 3.06. The number of ether oxygens (including phenoxy) is 1. The highest BCUT2D eigenvalue weighted by Crippen LogP contribution is 2.43. The Morgan fingerprint density at radius 3 is 1.25 bits per heavy atom. The zero-order valence-electron chi connectivity index (χ0n) is 51.2. The van der Waals surface area contributed by atoms with Gasteiger partial charge in [0, 0.05) is 12.8 Å². The van der Waals surface area contributed by atoms with E-state index in [-0.39, 0.29) is 31.5 Å². The van der Waals surface area contributed by atoms with Gasteiger partial charge in [-0.3, -0.25) is 18.6 Å². The highest BCUT2D eigenvalue weighted by molar-refractivity contribution is 7.47. The molecule has 0 saturated heterocycles. The molecular weight excluding hydrogens is 976 g/mol. The van der Waals surface area contributed by atoms with Gasteiger partial charge in [0.1, 0.15) is 19.3 Å². The summed E-state index contributed by atoms with van der Waals surface area (Å²) < 4.78 is 30.7. The predicted molar refractivity (Wildman–Crippen MR) is 332 cm³/mol. The lowest BCUT2D eigenvalue weighted by atomic mass is 10.0. The molecule has 9 nitrogen and oxygen atoms in total. The van der Waals surface area contributed by atoms with E-state index in [1.807, 2.05) is 33.3 Å². The van der Waals surface area contributed by atoms with Gasteiger partial charge in [-0.25, -0.2) is 4.57 Å². The van der Waals surface area contributed by atoms with Crippen molar-refractivity contribution in [2.45, 2.75) is 303 Å². The van der Waals surface area contributed by atoms with Crippen LogP contribution in [-0.2, 0) is 27.9 Å². The Morgan fingerprint density at radius 1 is 0.468 bits per heavy atom. The number of phosphoric acid groups is 1. The van der Waals surface area contributed by atoms with Crippen LogP contribution in [0.1, 0.15) is 290 Å². The Balaban J connectivity index is 5.28. The Morgan fingerprint density at radius 2 is 0.831 bits per heavy atom. The second kappa shape index (κ2) is 56.7. The maximum Gasteiger partial charge on any atom is 0.472 e. The average molecular weight is 1100 g/mol. The van der Waals surface area contributed by atoms with Crippen molar-refractivity contribution < 1.29 is 37.3 Å². The van der Waals surface area contributed by atoms with E-state index in [4.69, 9.17) is 13.8 Å². The summed E-state index contributed by atoms with van der Waals surface area (Å²) in [6.45, 7) is 6.91. The largest absolute Gasteiger partial charge is 0.472 e. The number of nitrogens with one attached hydrogen (secondary N) is 1. The normalized spacial score (nSPS) is 14.1. The maximum atomic E-state index is 13.6. The molecule has 0 bridgehead atoms. The number of allylic oxidation sites excluding steroid dienone is 11. The van der Waals surface area contributed by atoms with Crippen molar-refractivity contribution in [2.75, 3.05) is 40.9 Å². The number of esters is 1. The third-order valence-electron chi connectivity index (χ3n) is 14.2. The summed E-state index contributed by atoms with van der Waals surface area (Å²) in [7, 11) is 1.49. The first-order valence-electron chi connectivity index (χ1n) is 32.3. The minimum atomic E-state index is -4.46. The number of amides is 1. The third-order valence-corrected chi connectivity index (χ3v) is 15.1. The van der Waals surface area contributed by atoms with Gasteiger partial charge in [-0.05, 0) is 76.7 Å². The van der Waals surface area contributed by atoms with Crippen molar-refractivity contribution in [1.29, 1.82) is 0 Å². The Kier molecular flexibility index (Phi) is 54.8. The zero-order valence-corrected chi connectivity index (χ0v) is 52.1. The van der Waals surface area contributed by atoms with Gasteiger partial charge in [-0.15, -0.1) is 0 Å². The fraction of sp³-hybridized carbons (Fsp3) is 0.791. The molecule has 2 N–H and O–H groups in total. The molecule has 0 heterocycles. The maximum absolute atomic E-state index is 13.6. The summed E-state index contributed by atoms with van der Waals surface area (Å²) >= 11 is 0. The van der Waals surface area contributed by atoms with Gasteiger partial charge in [-0.1, -0.05) is 274 Å². The van der Waals surface area contributed by atoms with E-state index in [0.717, 1.165) is 103 Å². The molecule has 3 atom stereocenters. The van der Waals surface area contributed by atoms with Crippen molar-refractivity contribution in [3.05, 3.63) is 72.9 Å². The monoisotopic (exact) mass is 1100 g/mol. The minimum Gasteiger partial charge on any atom is -0.456 e. The molecule has 0 aromatic rings. The highest BCUT2D eigenvalue weighted by atomic mass is 31.2. The van der Waals surface area contributed by atoms with Crippen LogP contribution in [0.15, 0.2) is 72.9 Å². The molecule has 10 heteroatoms. The summed E-state index contributed by atoms with van der Waals surface area (Å²) in [4.78, 5) is 37.8. The molecular formula is C67H124N2O7P+. The van der Waals surface area contributed by atoms with Gasteiger partial charge in [-0.2, -0.15) is 0 Å². The number of hydrogen-bond acceptors (Lipinski definition) is 6. The number of nitrogens with zero attached hydrogens (tertiary/aromatic N) is 1. The van der Waals surface area contributed by atoms with Crippen molar-refractivity contribution in [1.82, 2.24) is 5.32 Å². The van der Waals surface area contributed by atoms with E-state index >= 15 is 0 Å². The number of phosphoric ester groups is 1. The van der Waals surface area contributed by atoms with Crippen LogP contribution >= 0.6 is 7.82 Å². The Bertz CT molecular complexity index is 1550. The van der Waals surface area contributed by atoms with E-state index in [9.17, 15) is 19.0 Å². The van der Waals surface area contributed by atoms with Crippen LogP contribution in [0.25, 0.3) is 0 Å². The SMILES string of the molecule is CC/C=C\C/C=C\C/C=C\C/C=C\C/C=C\CCCCCCCC(=O)OC(/C=C/CCCCCCCCCCCCC)C(COP(=O)(O)OCC[N+](C)(C)C)NC(=O)CCCCCCCCCCCCCCCCCCC. The van der Waals surface area contributed by atoms with E-state index < -0.39 is 20.0 Å². The first-order valence-corrected chi connectivity index (χ1v) is 33.8. The number of hydrogen-bond donors (Lipinski definition) is 2. The van der Waals surface area contributed by atoms with Crippen LogP contribution in [0.3, 0.4) is 0 Å². The number of quaternary nitrogens is 1. The predicted octanol–water partition coefficient (Wildman–Crippen LogP) is 20.0. The molecule has 0 rings (SSSR count). The number of carbonyl (C=O) groups is 2. The van der Waals surface area contributed by atoms with E-state index in [0.29, 0.717) is 23.9 Å². The summed E-state index contributed by atoms with van der Waals surface area (Å²) in [5.74, 6) is -0.519. The van der Waals surface area contributed by atoms with Crippen LogP contribution in [0.2, 0.25) is 0 Å². The van der Waals surface area contributed by atoms with Crippen LogP contribution in [-0.4, -0.2) is 74.3 Å². The van der Waals surface area contributed by atoms with Gasteiger partial charge in [0.25, 0.3) is 0 Å². The number of rotatable bonds is 58. The van der Waals surface area contributed by atoms with Crippen molar-refractivity contribution in [2.24, 2.45) is 0 Å². The third kappa shape index (κ3) is 57.9. The summed E-state index contributed by atoms with van der Waals surface area (Å²) in [6.07, 6.45) is 73.2. The van der Waals surface area contributed by atoms with E-state index in [2.05, 4.69) is 86.8 Å². The van der Waals surface area contributed by atoms with E-state index in [1.165, 1.54) is 148 Å². The van der Waals surface area contributed by atoms with Crippen LogP contribution in [0, 0.1) is 0 Å². The standard InChI is InChI=1S/C67H123N2O7P/c1-7-10-13-16-19-22-25-28-30-32-33-34-35-37-39-42-45-48-51-54-57-60-67(71)76-65(58-55-52-49-46-43-40-27-24-21-18-15-12-9-3)64(63-75-77(72,73)74-62-61-69(4,5)6)68-66(70)59-56-53-50-47-44-41-38-36-31-29-26-23-20-17-14-11-8-2/h10,13,19,22,28,30,33-34,37,39,55,58,64-65H,7-9,11-12,14-18,20-21,23-27,29,31-32,35-36,38,40-54,56-57,59-63H2,1-6H3,(H-,68,70,72,73)/p+1/b13-10-,22-19-,30-28-,34-33-,39-37-,58-55+. The van der Waals surface area contributed by atoms with Crippen molar-refractivity contribution in [3.8, 4) is 0 Å².